The highest BCUT2D eigenvalue weighted by Gasteiger charge is 2.49. The molecular weight excluding hydrogens is 346 g/mol. The second kappa shape index (κ2) is 5.19. The van der Waals surface area contributed by atoms with Gasteiger partial charge in [0.25, 0.3) is 0 Å². The van der Waals surface area contributed by atoms with Gasteiger partial charge in [-0.2, -0.15) is 5.10 Å². The van der Waals surface area contributed by atoms with Crippen molar-refractivity contribution >= 4 is 39.1 Å². The molecule has 2 N–H and O–H groups in total. The number of hydrazone groups is 1. The second-order valence-electron chi connectivity index (χ2n) is 6.82. The number of hydrogen-bond acceptors (Lipinski definition) is 3. The third kappa shape index (κ3) is 2.79. The number of carbonyl (C=O) groups is 2. The molecule has 6 heteroatoms. The van der Waals surface area contributed by atoms with E-state index in [1.165, 1.54) is 0 Å². The first-order valence-corrected chi connectivity index (χ1v) is 8.05. The minimum atomic E-state index is -0.482. The van der Waals surface area contributed by atoms with Crippen LogP contribution in [0, 0.1) is 17.3 Å². The van der Waals surface area contributed by atoms with Crippen LogP contribution in [0.4, 0.5) is 5.69 Å². The smallest absolute Gasteiger partial charge is 0.243 e. The van der Waals surface area contributed by atoms with Crippen LogP contribution in [0.15, 0.2) is 27.8 Å². The van der Waals surface area contributed by atoms with Gasteiger partial charge < -0.3 is 5.32 Å². The van der Waals surface area contributed by atoms with Crippen LogP contribution in [-0.4, -0.2) is 17.5 Å². The van der Waals surface area contributed by atoms with Gasteiger partial charge >= 0.3 is 0 Å². The number of amides is 2. The molecule has 116 valence electrons. The minimum absolute atomic E-state index is 0.00820. The number of anilines is 1. The van der Waals surface area contributed by atoms with Crippen molar-refractivity contribution in [2.24, 2.45) is 22.4 Å². The molecule has 2 atom stereocenters. The SMILES string of the molecule is CC(C)(C)C(=O)Nc1cc(Br)ccc1C1=NNC(=O)C2CC12. The minimum Gasteiger partial charge on any atom is -0.325 e. The van der Waals surface area contributed by atoms with E-state index in [0.717, 1.165) is 27.9 Å². The molecule has 1 aromatic rings. The number of hydrogen-bond donors (Lipinski definition) is 2. The number of benzene rings is 1. The number of fused-ring (bicyclic) bond motifs is 1. The van der Waals surface area contributed by atoms with Gasteiger partial charge in [-0.25, -0.2) is 5.43 Å². The largest absolute Gasteiger partial charge is 0.325 e. The number of carbonyl (C=O) groups excluding carboxylic acids is 2. The number of halogens is 1. The molecule has 2 aliphatic rings. The standard InChI is InChI=1S/C16H18BrN3O2/c1-16(2,3)15(22)18-12-6-8(17)4-5-9(12)13-10-7-11(10)14(21)20-19-13/h4-6,10-11H,7H2,1-3H3,(H,18,22)(H,20,21). The van der Waals surface area contributed by atoms with Gasteiger partial charge in [-0.05, 0) is 24.6 Å². The molecular formula is C16H18BrN3O2. The van der Waals surface area contributed by atoms with E-state index >= 15 is 0 Å². The van der Waals surface area contributed by atoms with Crippen molar-refractivity contribution in [2.75, 3.05) is 5.32 Å². The van der Waals surface area contributed by atoms with E-state index in [9.17, 15) is 9.59 Å². The van der Waals surface area contributed by atoms with Gasteiger partial charge in [0.1, 0.15) is 0 Å². The Kier molecular flexibility index (Phi) is 3.59. The fourth-order valence-electron chi connectivity index (χ4n) is 2.48. The molecule has 1 heterocycles. The molecule has 0 bridgehead atoms. The first kappa shape index (κ1) is 15.2. The van der Waals surface area contributed by atoms with E-state index in [0.29, 0.717) is 0 Å². The Morgan fingerprint density at radius 3 is 2.77 bits per heavy atom. The Labute approximate surface area is 137 Å². The number of nitrogens with zero attached hydrogens (tertiary/aromatic N) is 1. The maximum Gasteiger partial charge on any atom is 0.243 e. The highest BCUT2D eigenvalue weighted by Crippen LogP contribution is 2.44. The Morgan fingerprint density at radius 1 is 1.36 bits per heavy atom. The Hall–Kier alpha value is -1.69. The first-order valence-electron chi connectivity index (χ1n) is 7.26. The van der Waals surface area contributed by atoms with Gasteiger partial charge in [0.15, 0.2) is 0 Å². The van der Waals surface area contributed by atoms with Crippen molar-refractivity contribution in [3.8, 4) is 0 Å². The molecule has 1 aromatic carbocycles. The highest BCUT2D eigenvalue weighted by molar-refractivity contribution is 9.10. The molecule has 1 aliphatic heterocycles. The summed E-state index contributed by atoms with van der Waals surface area (Å²) in [4.78, 5) is 23.9. The molecule has 22 heavy (non-hydrogen) atoms. The van der Waals surface area contributed by atoms with Gasteiger partial charge in [-0.3, -0.25) is 9.59 Å². The monoisotopic (exact) mass is 363 g/mol. The van der Waals surface area contributed by atoms with Crippen LogP contribution >= 0.6 is 15.9 Å². The molecule has 0 spiro atoms. The maximum atomic E-state index is 12.3. The highest BCUT2D eigenvalue weighted by atomic mass is 79.9. The predicted octanol–water partition coefficient (Wildman–Crippen LogP) is 2.90. The van der Waals surface area contributed by atoms with Crippen LogP contribution in [-0.2, 0) is 9.59 Å². The van der Waals surface area contributed by atoms with E-state index in [2.05, 4.69) is 31.8 Å². The summed E-state index contributed by atoms with van der Waals surface area (Å²) < 4.78 is 0.883. The molecule has 0 aromatic heterocycles. The van der Waals surface area contributed by atoms with Crippen molar-refractivity contribution in [1.82, 2.24) is 5.43 Å². The van der Waals surface area contributed by atoms with Crippen molar-refractivity contribution in [3.63, 3.8) is 0 Å². The Balaban J connectivity index is 1.95. The molecule has 2 amide bonds. The molecule has 2 unspecified atom stereocenters. The third-order valence-electron chi connectivity index (χ3n) is 3.95. The van der Waals surface area contributed by atoms with Crippen LogP contribution in [0.3, 0.4) is 0 Å². The lowest BCUT2D eigenvalue weighted by atomic mass is 9.94. The summed E-state index contributed by atoms with van der Waals surface area (Å²) in [6.45, 7) is 5.61. The van der Waals surface area contributed by atoms with Crippen LogP contribution in [0.25, 0.3) is 0 Å². The molecule has 0 radical (unpaired) electrons. The summed E-state index contributed by atoms with van der Waals surface area (Å²) in [5.74, 6) is 0.133. The van der Waals surface area contributed by atoms with Gasteiger partial charge in [0.2, 0.25) is 11.8 Å². The summed E-state index contributed by atoms with van der Waals surface area (Å²) in [6.07, 6.45) is 0.827. The number of nitrogens with one attached hydrogen (secondary N) is 2. The lowest BCUT2D eigenvalue weighted by Gasteiger charge is -2.21. The third-order valence-corrected chi connectivity index (χ3v) is 4.45. The normalized spacial score (nSPS) is 23.3. The Morgan fingerprint density at radius 2 is 2.09 bits per heavy atom. The molecule has 5 nitrogen and oxygen atoms in total. The van der Waals surface area contributed by atoms with E-state index in [4.69, 9.17) is 0 Å². The van der Waals surface area contributed by atoms with E-state index in [1.54, 1.807) is 0 Å². The molecule has 3 rings (SSSR count). The van der Waals surface area contributed by atoms with Gasteiger partial charge in [-0.15, -0.1) is 0 Å². The lowest BCUT2D eigenvalue weighted by molar-refractivity contribution is -0.123. The number of rotatable bonds is 2. The van der Waals surface area contributed by atoms with Crippen LogP contribution in [0.5, 0.6) is 0 Å². The summed E-state index contributed by atoms with van der Waals surface area (Å²) in [7, 11) is 0. The van der Waals surface area contributed by atoms with E-state index in [-0.39, 0.29) is 23.7 Å². The summed E-state index contributed by atoms with van der Waals surface area (Å²) in [5, 5.41) is 7.19. The summed E-state index contributed by atoms with van der Waals surface area (Å²) in [6, 6.07) is 5.71. The van der Waals surface area contributed by atoms with Gasteiger partial charge in [0.05, 0.1) is 11.4 Å². The lowest BCUT2D eigenvalue weighted by Crippen LogP contribution is -2.31. The van der Waals surface area contributed by atoms with Crippen molar-refractivity contribution in [3.05, 3.63) is 28.2 Å². The van der Waals surface area contributed by atoms with E-state index < -0.39 is 5.41 Å². The quantitative estimate of drug-likeness (QED) is 0.847. The predicted molar refractivity (Wildman–Crippen MR) is 88.5 cm³/mol. The van der Waals surface area contributed by atoms with Crippen LogP contribution in [0.2, 0.25) is 0 Å². The van der Waals surface area contributed by atoms with Crippen LogP contribution < -0.4 is 10.7 Å². The summed E-state index contributed by atoms with van der Waals surface area (Å²) in [5.41, 5.74) is 4.52. The van der Waals surface area contributed by atoms with Crippen LogP contribution in [0.1, 0.15) is 32.8 Å². The topological polar surface area (TPSA) is 70.6 Å². The zero-order valence-electron chi connectivity index (χ0n) is 12.7. The summed E-state index contributed by atoms with van der Waals surface area (Å²) >= 11 is 3.43. The van der Waals surface area contributed by atoms with Crippen molar-refractivity contribution < 1.29 is 9.59 Å². The molecule has 1 aliphatic carbocycles. The maximum absolute atomic E-state index is 12.3. The fourth-order valence-corrected chi connectivity index (χ4v) is 2.84. The van der Waals surface area contributed by atoms with Gasteiger partial charge in [0, 0.05) is 27.3 Å². The van der Waals surface area contributed by atoms with Crippen molar-refractivity contribution in [1.29, 1.82) is 0 Å². The average molecular weight is 364 g/mol. The fraction of sp³-hybridized carbons (Fsp3) is 0.438. The molecule has 1 saturated carbocycles. The molecule has 1 fully saturated rings. The van der Waals surface area contributed by atoms with E-state index in [1.807, 2.05) is 39.0 Å². The van der Waals surface area contributed by atoms with Gasteiger partial charge in [-0.1, -0.05) is 36.7 Å². The zero-order valence-corrected chi connectivity index (χ0v) is 14.3. The molecule has 0 saturated heterocycles. The first-order chi connectivity index (χ1) is 10.3. The Bertz CT molecular complexity index is 691. The zero-order chi connectivity index (χ0) is 16.1. The average Bonchev–Trinajstić information content (AvgIpc) is 3.20. The second-order valence-corrected chi connectivity index (χ2v) is 7.73. The van der Waals surface area contributed by atoms with Crippen molar-refractivity contribution in [2.45, 2.75) is 27.2 Å².